The van der Waals surface area contributed by atoms with Gasteiger partial charge in [-0.15, -0.1) is 0 Å². The van der Waals surface area contributed by atoms with E-state index in [1.165, 1.54) is 57.8 Å². The summed E-state index contributed by atoms with van der Waals surface area (Å²) in [6.45, 7) is 7.25. The van der Waals surface area contributed by atoms with Gasteiger partial charge in [0.15, 0.2) is 0 Å². The van der Waals surface area contributed by atoms with Crippen LogP contribution in [0.1, 0.15) is 78.6 Å². The summed E-state index contributed by atoms with van der Waals surface area (Å²) in [5, 5.41) is 0. The van der Waals surface area contributed by atoms with Crippen LogP contribution in [0.25, 0.3) is 0 Å². The first-order chi connectivity index (χ1) is 7.25. The number of rotatable bonds is 8. The summed E-state index contributed by atoms with van der Waals surface area (Å²) in [4.78, 5) is 0. The maximum atomic E-state index is 2.49. The summed E-state index contributed by atoms with van der Waals surface area (Å²) < 4.78 is 0. The van der Waals surface area contributed by atoms with Crippen molar-refractivity contribution in [3.63, 3.8) is 0 Å². The lowest BCUT2D eigenvalue weighted by Gasteiger charge is -2.35. The van der Waals surface area contributed by atoms with Gasteiger partial charge in [0.05, 0.1) is 0 Å². The van der Waals surface area contributed by atoms with Crippen LogP contribution in [-0.2, 0) is 0 Å². The van der Waals surface area contributed by atoms with Crippen LogP contribution < -0.4 is 0 Å². The normalized spacial score (nSPS) is 21.0. The van der Waals surface area contributed by atoms with Crippen molar-refractivity contribution in [3.8, 4) is 0 Å². The molecule has 1 aliphatic rings. The Kier molecular flexibility index (Phi) is 6.36. The van der Waals surface area contributed by atoms with E-state index in [0.717, 1.165) is 17.8 Å². The number of hydrogen-bond acceptors (Lipinski definition) is 0. The molecule has 1 rings (SSSR count). The second-order valence-corrected chi connectivity index (χ2v) is 5.73. The predicted molar refractivity (Wildman–Crippen MR) is 69.0 cm³/mol. The molecule has 0 heterocycles. The highest BCUT2D eigenvalue weighted by Crippen LogP contribution is 2.38. The molecular weight excluding hydrogens is 180 g/mol. The predicted octanol–water partition coefficient (Wildman–Crippen LogP) is 5.42. The standard InChI is InChI=1S/C15H30/c1-4-5-6-7-8-10-13(2)14(3)15-11-9-12-15/h13-15H,4-12H2,1-3H3. The van der Waals surface area contributed by atoms with Crippen molar-refractivity contribution in [1.82, 2.24) is 0 Å². The van der Waals surface area contributed by atoms with Gasteiger partial charge >= 0.3 is 0 Å². The first kappa shape index (κ1) is 13.1. The third-order valence-electron chi connectivity index (χ3n) is 4.55. The molecule has 0 aliphatic heterocycles. The molecular formula is C15H30. The van der Waals surface area contributed by atoms with Gasteiger partial charge in [-0.1, -0.05) is 78.6 Å². The molecule has 0 nitrogen and oxygen atoms in total. The minimum absolute atomic E-state index is 0.969. The van der Waals surface area contributed by atoms with Crippen molar-refractivity contribution in [2.75, 3.05) is 0 Å². The Hall–Kier alpha value is 0. The van der Waals surface area contributed by atoms with Crippen LogP contribution in [0.4, 0.5) is 0 Å². The second-order valence-electron chi connectivity index (χ2n) is 5.73. The average Bonchev–Trinajstić information content (AvgIpc) is 2.14. The molecule has 0 heteroatoms. The van der Waals surface area contributed by atoms with Gasteiger partial charge in [0.25, 0.3) is 0 Å². The van der Waals surface area contributed by atoms with E-state index in [1.54, 1.807) is 0 Å². The maximum Gasteiger partial charge on any atom is -0.0386 e. The molecule has 0 aromatic rings. The zero-order valence-corrected chi connectivity index (χ0v) is 11.1. The van der Waals surface area contributed by atoms with Gasteiger partial charge in [0.1, 0.15) is 0 Å². The Morgan fingerprint density at radius 3 is 2.20 bits per heavy atom. The van der Waals surface area contributed by atoms with Crippen LogP contribution in [0.3, 0.4) is 0 Å². The molecule has 0 radical (unpaired) electrons. The maximum absolute atomic E-state index is 2.49. The first-order valence-electron chi connectivity index (χ1n) is 7.25. The minimum atomic E-state index is 0.969. The van der Waals surface area contributed by atoms with Crippen LogP contribution in [0.2, 0.25) is 0 Å². The fourth-order valence-electron chi connectivity index (χ4n) is 2.76. The zero-order chi connectivity index (χ0) is 11.1. The Morgan fingerprint density at radius 2 is 1.67 bits per heavy atom. The topological polar surface area (TPSA) is 0 Å². The molecule has 0 N–H and O–H groups in total. The molecule has 15 heavy (non-hydrogen) atoms. The molecule has 1 aliphatic carbocycles. The van der Waals surface area contributed by atoms with Gasteiger partial charge in [-0.05, 0) is 17.8 Å². The molecule has 0 aromatic heterocycles. The molecule has 0 aromatic carbocycles. The van der Waals surface area contributed by atoms with E-state index >= 15 is 0 Å². The van der Waals surface area contributed by atoms with E-state index in [4.69, 9.17) is 0 Å². The Labute approximate surface area is 96.8 Å². The van der Waals surface area contributed by atoms with Crippen molar-refractivity contribution in [2.45, 2.75) is 78.6 Å². The van der Waals surface area contributed by atoms with E-state index in [9.17, 15) is 0 Å². The molecule has 0 saturated heterocycles. The van der Waals surface area contributed by atoms with E-state index in [2.05, 4.69) is 20.8 Å². The van der Waals surface area contributed by atoms with E-state index in [1.807, 2.05) is 0 Å². The van der Waals surface area contributed by atoms with Gasteiger partial charge in [0.2, 0.25) is 0 Å². The third kappa shape index (κ3) is 4.57. The van der Waals surface area contributed by atoms with Crippen LogP contribution in [-0.4, -0.2) is 0 Å². The highest BCUT2D eigenvalue weighted by molar-refractivity contribution is 4.78. The van der Waals surface area contributed by atoms with E-state index < -0.39 is 0 Å². The van der Waals surface area contributed by atoms with Crippen molar-refractivity contribution < 1.29 is 0 Å². The summed E-state index contributed by atoms with van der Waals surface area (Å²) in [5.74, 6) is 3.04. The van der Waals surface area contributed by atoms with Gasteiger partial charge in [-0.2, -0.15) is 0 Å². The van der Waals surface area contributed by atoms with Gasteiger partial charge in [0, 0.05) is 0 Å². The van der Waals surface area contributed by atoms with Crippen LogP contribution in [0, 0.1) is 17.8 Å². The van der Waals surface area contributed by atoms with Gasteiger partial charge in [-0.3, -0.25) is 0 Å². The Morgan fingerprint density at radius 1 is 1.00 bits per heavy atom. The minimum Gasteiger partial charge on any atom is -0.0654 e. The zero-order valence-electron chi connectivity index (χ0n) is 11.1. The highest BCUT2D eigenvalue weighted by Gasteiger charge is 2.27. The fraction of sp³-hybridized carbons (Fsp3) is 1.00. The fourth-order valence-corrected chi connectivity index (χ4v) is 2.76. The van der Waals surface area contributed by atoms with Crippen molar-refractivity contribution in [2.24, 2.45) is 17.8 Å². The summed E-state index contributed by atoms with van der Waals surface area (Å²) in [6, 6.07) is 0. The molecule has 0 amide bonds. The summed E-state index contributed by atoms with van der Waals surface area (Å²) in [7, 11) is 0. The lowest BCUT2D eigenvalue weighted by atomic mass is 9.71. The molecule has 0 bridgehead atoms. The lowest BCUT2D eigenvalue weighted by Crippen LogP contribution is -2.24. The number of unbranched alkanes of at least 4 members (excludes halogenated alkanes) is 4. The highest BCUT2D eigenvalue weighted by atomic mass is 14.3. The van der Waals surface area contributed by atoms with E-state index in [0.29, 0.717) is 0 Å². The Balaban J connectivity index is 1.99. The largest absolute Gasteiger partial charge is 0.0654 e. The summed E-state index contributed by atoms with van der Waals surface area (Å²) in [6.07, 6.45) is 13.2. The SMILES string of the molecule is CCCCCCCC(C)C(C)C1CCC1. The van der Waals surface area contributed by atoms with Crippen LogP contribution >= 0.6 is 0 Å². The van der Waals surface area contributed by atoms with Crippen LogP contribution in [0.15, 0.2) is 0 Å². The molecule has 0 spiro atoms. The number of hydrogen-bond donors (Lipinski definition) is 0. The lowest BCUT2D eigenvalue weighted by molar-refractivity contribution is 0.160. The smallest absolute Gasteiger partial charge is 0.0386 e. The summed E-state index contributed by atoms with van der Waals surface area (Å²) in [5.41, 5.74) is 0. The van der Waals surface area contributed by atoms with Crippen molar-refractivity contribution >= 4 is 0 Å². The van der Waals surface area contributed by atoms with Gasteiger partial charge < -0.3 is 0 Å². The average molecular weight is 210 g/mol. The van der Waals surface area contributed by atoms with Crippen LogP contribution in [0.5, 0.6) is 0 Å². The first-order valence-corrected chi connectivity index (χ1v) is 7.25. The second kappa shape index (κ2) is 7.30. The quantitative estimate of drug-likeness (QED) is 0.469. The van der Waals surface area contributed by atoms with E-state index in [-0.39, 0.29) is 0 Å². The molecule has 2 unspecified atom stereocenters. The molecule has 90 valence electrons. The van der Waals surface area contributed by atoms with Gasteiger partial charge in [-0.25, -0.2) is 0 Å². The monoisotopic (exact) mass is 210 g/mol. The summed E-state index contributed by atoms with van der Waals surface area (Å²) >= 11 is 0. The van der Waals surface area contributed by atoms with Crippen molar-refractivity contribution in [3.05, 3.63) is 0 Å². The third-order valence-corrected chi connectivity index (χ3v) is 4.55. The molecule has 2 atom stereocenters. The molecule has 1 saturated carbocycles. The van der Waals surface area contributed by atoms with Crippen molar-refractivity contribution in [1.29, 1.82) is 0 Å². The molecule has 1 fully saturated rings. The Bertz CT molecular complexity index is 146.